The summed E-state index contributed by atoms with van der Waals surface area (Å²) in [5.41, 5.74) is -0.455. The maximum Gasteiger partial charge on any atom is 0.416 e. The summed E-state index contributed by atoms with van der Waals surface area (Å²) in [5.74, 6) is -1.13. The van der Waals surface area contributed by atoms with E-state index < -0.39 is 17.7 Å². The van der Waals surface area contributed by atoms with Crippen molar-refractivity contribution in [3.63, 3.8) is 0 Å². The first-order valence-corrected chi connectivity index (χ1v) is 5.50. The Morgan fingerprint density at radius 2 is 1.95 bits per heavy atom. The summed E-state index contributed by atoms with van der Waals surface area (Å²) in [6.07, 6.45) is -3.42. The lowest BCUT2D eigenvalue weighted by molar-refractivity contribution is -0.137. The van der Waals surface area contributed by atoms with Crippen molar-refractivity contribution in [1.82, 2.24) is 4.98 Å². The van der Waals surface area contributed by atoms with E-state index in [1.54, 1.807) is 0 Å². The fourth-order valence-corrected chi connectivity index (χ4v) is 1.55. The van der Waals surface area contributed by atoms with E-state index in [0.717, 1.165) is 18.3 Å². The fourth-order valence-electron chi connectivity index (χ4n) is 1.55. The van der Waals surface area contributed by atoms with Gasteiger partial charge in [-0.25, -0.2) is 9.78 Å². The van der Waals surface area contributed by atoms with E-state index >= 15 is 0 Å². The maximum atomic E-state index is 12.5. The zero-order valence-corrected chi connectivity index (χ0v) is 9.98. The highest BCUT2D eigenvalue weighted by Crippen LogP contribution is 2.30. The summed E-state index contributed by atoms with van der Waals surface area (Å²) < 4.78 is 37.6. The molecule has 0 aliphatic carbocycles. The van der Waals surface area contributed by atoms with Crippen LogP contribution in [0.2, 0.25) is 0 Å². The van der Waals surface area contributed by atoms with Gasteiger partial charge >= 0.3 is 12.1 Å². The molecule has 0 unspecified atom stereocenters. The Kier molecular flexibility index (Phi) is 3.60. The molecule has 0 radical (unpaired) electrons. The monoisotopic (exact) mass is 282 g/mol. The van der Waals surface area contributed by atoms with Crippen LogP contribution in [0.15, 0.2) is 42.6 Å². The standard InChI is InChI=1S/C13H9F3N2O2/c14-13(15,16)9-4-5-17-11(7-9)18-10-3-1-2-8(6-10)12(19)20/h1-7H,(H,17,18)(H,19,20). The zero-order valence-electron chi connectivity index (χ0n) is 9.98. The number of anilines is 2. The van der Waals surface area contributed by atoms with Crippen LogP contribution >= 0.6 is 0 Å². The molecule has 20 heavy (non-hydrogen) atoms. The van der Waals surface area contributed by atoms with Crippen LogP contribution in [0, 0.1) is 0 Å². The molecular weight excluding hydrogens is 273 g/mol. The Labute approximate surface area is 111 Å². The Hall–Kier alpha value is -2.57. The zero-order chi connectivity index (χ0) is 14.8. The summed E-state index contributed by atoms with van der Waals surface area (Å²) in [6.45, 7) is 0. The van der Waals surface area contributed by atoms with Crippen LogP contribution < -0.4 is 5.32 Å². The molecule has 4 nitrogen and oxygen atoms in total. The number of alkyl halides is 3. The van der Waals surface area contributed by atoms with Crippen molar-refractivity contribution in [2.24, 2.45) is 0 Å². The van der Waals surface area contributed by atoms with Crippen molar-refractivity contribution in [1.29, 1.82) is 0 Å². The van der Waals surface area contributed by atoms with Crippen molar-refractivity contribution in [2.75, 3.05) is 5.32 Å². The largest absolute Gasteiger partial charge is 0.478 e. The van der Waals surface area contributed by atoms with Crippen LogP contribution in [-0.4, -0.2) is 16.1 Å². The lowest BCUT2D eigenvalue weighted by atomic mass is 10.2. The minimum Gasteiger partial charge on any atom is -0.478 e. The summed E-state index contributed by atoms with van der Waals surface area (Å²) in [4.78, 5) is 14.6. The number of benzene rings is 1. The minimum absolute atomic E-state index is 0.0117. The van der Waals surface area contributed by atoms with Crippen LogP contribution in [0.1, 0.15) is 15.9 Å². The van der Waals surface area contributed by atoms with E-state index in [0.29, 0.717) is 5.69 Å². The Bertz CT molecular complexity index is 642. The quantitative estimate of drug-likeness (QED) is 0.903. The number of aromatic nitrogens is 1. The van der Waals surface area contributed by atoms with E-state index in [2.05, 4.69) is 10.3 Å². The number of rotatable bonds is 3. The first-order valence-electron chi connectivity index (χ1n) is 5.50. The number of halogens is 3. The number of nitrogens with one attached hydrogen (secondary N) is 1. The van der Waals surface area contributed by atoms with Crippen LogP contribution in [0.4, 0.5) is 24.7 Å². The fraction of sp³-hybridized carbons (Fsp3) is 0.0769. The molecule has 2 N–H and O–H groups in total. The SMILES string of the molecule is O=C(O)c1cccc(Nc2cc(C(F)(F)F)ccn2)c1. The van der Waals surface area contributed by atoms with E-state index in [4.69, 9.17) is 5.11 Å². The van der Waals surface area contributed by atoms with Crippen molar-refractivity contribution in [3.05, 3.63) is 53.7 Å². The van der Waals surface area contributed by atoms with Crippen molar-refractivity contribution in [2.45, 2.75) is 6.18 Å². The molecule has 2 aromatic rings. The molecule has 1 aromatic heterocycles. The second-order valence-corrected chi connectivity index (χ2v) is 3.94. The van der Waals surface area contributed by atoms with Crippen molar-refractivity contribution in [3.8, 4) is 0 Å². The van der Waals surface area contributed by atoms with Gasteiger partial charge in [-0.3, -0.25) is 0 Å². The molecule has 0 fully saturated rings. The highest BCUT2D eigenvalue weighted by atomic mass is 19.4. The average Bonchev–Trinajstić information content (AvgIpc) is 2.38. The normalized spacial score (nSPS) is 11.2. The van der Waals surface area contributed by atoms with E-state index in [-0.39, 0.29) is 11.4 Å². The summed E-state index contributed by atoms with van der Waals surface area (Å²) >= 11 is 0. The molecule has 0 saturated heterocycles. The van der Waals surface area contributed by atoms with Gasteiger partial charge in [0.2, 0.25) is 0 Å². The topological polar surface area (TPSA) is 62.2 Å². The Morgan fingerprint density at radius 3 is 2.60 bits per heavy atom. The number of carboxylic acids is 1. The third-order valence-electron chi connectivity index (χ3n) is 2.47. The predicted octanol–water partition coefficient (Wildman–Crippen LogP) is 3.54. The van der Waals surface area contributed by atoms with Crippen LogP contribution in [0.3, 0.4) is 0 Å². The van der Waals surface area contributed by atoms with Gasteiger partial charge in [0.15, 0.2) is 0 Å². The van der Waals surface area contributed by atoms with Gasteiger partial charge in [-0.15, -0.1) is 0 Å². The predicted molar refractivity (Wildman–Crippen MR) is 65.9 cm³/mol. The van der Waals surface area contributed by atoms with Gasteiger partial charge < -0.3 is 10.4 Å². The molecule has 104 valence electrons. The molecule has 0 bridgehead atoms. The van der Waals surface area contributed by atoms with E-state index in [1.165, 1.54) is 24.3 Å². The van der Waals surface area contributed by atoms with E-state index in [9.17, 15) is 18.0 Å². The Morgan fingerprint density at radius 1 is 1.20 bits per heavy atom. The van der Waals surface area contributed by atoms with Gasteiger partial charge in [-0.2, -0.15) is 13.2 Å². The van der Waals surface area contributed by atoms with Gasteiger partial charge in [0.1, 0.15) is 5.82 Å². The number of hydrogen-bond acceptors (Lipinski definition) is 3. The maximum absolute atomic E-state index is 12.5. The van der Waals surface area contributed by atoms with Crippen LogP contribution in [-0.2, 0) is 6.18 Å². The van der Waals surface area contributed by atoms with Gasteiger partial charge in [0.05, 0.1) is 11.1 Å². The second kappa shape index (κ2) is 5.20. The first-order chi connectivity index (χ1) is 9.36. The third-order valence-corrected chi connectivity index (χ3v) is 2.47. The highest BCUT2D eigenvalue weighted by molar-refractivity contribution is 5.89. The molecular formula is C13H9F3N2O2. The van der Waals surface area contributed by atoms with Gasteiger partial charge in [0.25, 0.3) is 0 Å². The number of aromatic carboxylic acids is 1. The van der Waals surface area contributed by atoms with Crippen LogP contribution in [0.25, 0.3) is 0 Å². The van der Waals surface area contributed by atoms with Crippen molar-refractivity contribution < 1.29 is 23.1 Å². The lowest BCUT2D eigenvalue weighted by Crippen LogP contribution is -2.06. The summed E-state index contributed by atoms with van der Waals surface area (Å²) in [5, 5.41) is 11.5. The summed E-state index contributed by atoms with van der Waals surface area (Å²) in [7, 11) is 0. The molecule has 0 aliphatic rings. The second-order valence-electron chi connectivity index (χ2n) is 3.94. The first kappa shape index (κ1) is 13.9. The number of carbonyl (C=O) groups is 1. The number of carboxylic acid groups (broad SMARTS) is 1. The van der Waals surface area contributed by atoms with E-state index in [1.807, 2.05) is 0 Å². The lowest BCUT2D eigenvalue weighted by Gasteiger charge is -2.10. The van der Waals surface area contributed by atoms with Crippen LogP contribution in [0.5, 0.6) is 0 Å². The molecule has 0 atom stereocenters. The Balaban J connectivity index is 2.26. The smallest absolute Gasteiger partial charge is 0.416 e. The highest BCUT2D eigenvalue weighted by Gasteiger charge is 2.30. The summed E-state index contributed by atoms with van der Waals surface area (Å²) in [6, 6.07) is 7.43. The average molecular weight is 282 g/mol. The molecule has 1 aromatic carbocycles. The molecule has 1 heterocycles. The van der Waals surface area contributed by atoms with Crippen molar-refractivity contribution >= 4 is 17.5 Å². The number of hydrogen-bond donors (Lipinski definition) is 2. The molecule has 0 aliphatic heterocycles. The molecule has 7 heteroatoms. The molecule has 2 rings (SSSR count). The minimum atomic E-state index is -4.46. The van der Waals surface area contributed by atoms with Gasteiger partial charge in [-0.05, 0) is 30.3 Å². The molecule has 0 saturated carbocycles. The third kappa shape index (κ3) is 3.25. The number of pyridine rings is 1. The van der Waals surface area contributed by atoms with Gasteiger partial charge in [0, 0.05) is 11.9 Å². The van der Waals surface area contributed by atoms with Gasteiger partial charge in [-0.1, -0.05) is 6.07 Å². The molecule has 0 amide bonds. The molecule has 0 spiro atoms. The number of nitrogens with zero attached hydrogens (tertiary/aromatic N) is 1.